The van der Waals surface area contributed by atoms with Crippen LogP contribution < -0.4 is 4.90 Å². The van der Waals surface area contributed by atoms with Gasteiger partial charge >= 0.3 is 11.9 Å². The molecule has 0 N–H and O–H groups in total. The van der Waals surface area contributed by atoms with Gasteiger partial charge in [0.2, 0.25) is 5.91 Å². The zero-order valence-electron chi connectivity index (χ0n) is 17.5. The molecular weight excluding hydrogens is 388 g/mol. The van der Waals surface area contributed by atoms with Crippen molar-refractivity contribution in [3.63, 3.8) is 0 Å². The second kappa shape index (κ2) is 8.52. The number of Topliss-reactive ketones (excluding diaryl/α,β-unsaturated/α-hetero) is 1. The number of carbonyl (C=O) groups excluding carboxylic acids is 4. The average molecular weight is 412 g/mol. The first-order valence-electron chi connectivity index (χ1n) is 9.65. The average Bonchev–Trinajstić information content (AvgIpc) is 3.16. The standard InChI is InChI=1S/C22H24N2O6/c1-5-29-22(28)17-8-13(2)24(14(17)3)11-21(27)30-12-19(25)15-6-7-18-16(9-15)10-20(26)23(18)4/h6-9H,5,10-12H2,1-4H3. The van der Waals surface area contributed by atoms with Gasteiger partial charge in [-0.25, -0.2) is 4.79 Å². The van der Waals surface area contributed by atoms with E-state index in [-0.39, 0.29) is 31.3 Å². The Bertz CT molecular complexity index is 1040. The largest absolute Gasteiger partial charge is 0.462 e. The number of aryl methyl sites for hydroxylation is 1. The molecule has 8 heteroatoms. The lowest BCUT2D eigenvalue weighted by molar-refractivity contribution is -0.143. The number of hydrogen-bond donors (Lipinski definition) is 0. The summed E-state index contributed by atoms with van der Waals surface area (Å²) in [6.07, 6.45) is 0.252. The third-order valence-corrected chi connectivity index (χ3v) is 5.20. The summed E-state index contributed by atoms with van der Waals surface area (Å²) in [6, 6.07) is 6.67. The van der Waals surface area contributed by atoms with Gasteiger partial charge in [0.1, 0.15) is 6.54 Å². The Hall–Kier alpha value is -3.42. The highest BCUT2D eigenvalue weighted by molar-refractivity contribution is 6.04. The fourth-order valence-electron chi connectivity index (χ4n) is 3.51. The van der Waals surface area contributed by atoms with Crippen LogP contribution in [0.1, 0.15) is 44.6 Å². The second-order valence-corrected chi connectivity index (χ2v) is 7.15. The Balaban J connectivity index is 1.62. The molecule has 1 aromatic heterocycles. The molecule has 30 heavy (non-hydrogen) atoms. The number of carbonyl (C=O) groups is 4. The fourth-order valence-corrected chi connectivity index (χ4v) is 3.51. The molecule has 2 aromatic rings. The number of ketones is 1. The summed E-state index contributed by atoms with van der Waals surface area (Å²) in [7, 11) is 1.69. The second-order valence-electron chi connectivity index (χ2n) is 7.15. The molecule has 0 spiro atoms. The van der Waals surface area contributed by atoms with Crippen molar-refractivity contribution < 1.29 is 28.7 Å². The van der Waals surface area contributed by atoms with Crippen molar-refractivity contribution in [1.82, 2.24) is 4.57 Å². The SMILES string of the molecule is CCOC(=O)c1cc(C)n(CC(=O)OCC(=O)c2ccc3c(c2)CC(=O)N3C)c1C. The molecule has 158 valence electrons. The molecule has 1 aromatic carbocycles. The van der Waals surface area contributed by atoms with Crippen molar-refractivity contribution in [1.29, 1.82) is 0 Å². The molecule has 0 bridgehead atoms. The highest BCUT2D eigenvalue weighted by atomic mass is 16.5. The maximum absolute atomic E-state index is 12.4. The first-order chi connectivity index (χ1) is 14.2. The molecule has 1 aliphatic heterocycles. The summed E-state index contributed by atoms with van der Waals surface area (Å²) in [4.78, 5) is 50.0. The number of aromatic nitrogens is 1. The predicted molar refractivity (Wildman–Crippen MR) is 109 cm³/mol. The molecule has 1 amide bonds. The molecule has 3 rings (SSSR count). The van der Waals surface area contributed by atoms with Crippen molar-refractivity contribution in [2.24, 2.45) is 0 Å². The van der Waals surface area contributed by atoms with Gasteiger partial charge in [-0.05, 0) is 50.6 Å². The van der Waals surface area contributed by atoms with Gasteiger partial charge in [0, 0.05) is 29.7 Å². The minimum absolute atomic E-state index is 0.0272. The number of fused-ring (bicyclic) bond motifs is 1. The maximum atomic E-state index is 12.4. The molecule has 0 aliphatic carbocycles. The minimum atomic E-state index is -0.586. The van der Waals surface area contributed by atoms with Crippen LogP contribution >= 0.6 is 0 Å². The molecule has 0 unspecified atom stereocenters. The molecular formula is C22H24N2O6. The van der Waals surface area contributed by atoms with Crippen molar-refractivity contribution in [3.05, 3.63) is 52.3 Å². The van der Waals surface area contributed by atoms with Gasteiger partial charge in [0.25, 0.3) is 0 Å². The summed E-state index contributed by atoms with van der Waals surface area (Å²) in [5.74, 6) is -1.40. The zero-order valence-corrected chi connectivity index (χ0v) is 17.5. The molecule has 0 atom stereocenters. The van der Waals surface area contributed by atoms with E-state index in [2.05, 4.69) is 0 Å². The maximum Gasteiger partial charge on any atom is 0.339 e. The summed E-state index contributed by atoms with van der Waals surface area (Å²) in [5.41, 5.74) is 3.67. The van der Waals surface area contributed by atoms with Crippen LogP contribution in [0.25, 0.3) is 0 Å². The summed E-state index contributed by atoms with van der Waals surface area (Å²) in [6.45, 7) is 4.97. The van der Waals surface area contributed by atoms with E-state index in [1.54, 1.807) is 61.6 Å². The molecule has 0 fully saturated rings. The van der Waals surface area contributed by atoms with E-state index in [0.29, 0.717) is 22.5 Å². The van der Waals surface area contributed by atoms with Gasteiger partial charge in [-0.15, -0.1) is 0 Å². The Morgan fingerprint density at radius 1 is 1.10 bits per heavy atom. The lowest BCUT2D eigenvalue weighted by Gasteiger charge is -2.11. The predicted octanol–water partition coefficient (Wildman–Crippen LogP) is 2.23. The van der Waals surface area contributed by atoms with Crippen LogP contribution in [0.4, 0.5) is 5.69 Å². The van der Waals surface area contributed by atoms with E-state index in [1.807, 2.05) is 0 Å². The Morgan fingerprint density at radius 3 is 2.53 bits per heavy atom. The van der Waals surface area contributed by atoms with E-state index in [0.717, 1.165) is 11.3 Å². The first kappa shape index (κ1) is 21.3. The van der Waals surface area contributed by atoms with Gasteiger partial charge < -0.3 is 18.9 Å². The molecule has 8 nitrogen and oxygen atoms in total. The number of benzene rings is 1. The van der Waals surface area contributed by atoms with E-state index < -0.39 is 18.5 Å². The van der Waals surface area contributed by atoms with E-state index in [9.17, 15) is 19.2 Å². The summed E-state index contributed by atoms with van der Waals surface area (Å²) in [5, 5.41) is 0. The van der Waals surface area contributed by atoms with Gasteiger partial charge in [-0.2, -0.15) is 0 Å². The monoisotopic (exact) mass is 412 g/mol. The zero-order chi connectivity index (χ0) is 22.0. The molecule has 2 heterocycles. The smallest absolute Gasteiger partial charge is 0.339 e. The number of nitrogens with zero attached hydrogens (tertiary/aromatic N) is 2. The number of esters is 2. The van der Waals surface area contributed by atoms with Gasteiger partial charge in [-0.1, -0.05) is 0 Å². The Kier molecular flexibility index (Phi) is 6.05. The number of hydrogen-bond acceptors (Lipinski definition) is 6. The van der Waals surface area contributed by atoms with E-state index in [4.69, 9.17) is 9.47 Å². The normalized spacial score (nSPS) is 12.7. The number of anilines is 1. The first-order valence-corrected chi connectivity index (χ1v) is 9.65. The highest BCUT2D eigenvalue weighted by Crippen LogP contribution is 2.28. The van der Waals surface area contributed by atoms with Gasteiger partial charge in [0.15, 0.2) is 12.4 Å². The van der Waals surface area contributed by atoms with Crippen molar-refractivity contribution in [3.8, 4) is 0 Å². The number of rotatable bonds is 7. The number of likely N-dealkylation sites (N-methyl/N-ethyl adjacent to an activating group) is 1. The quantitative estimate of drug-likeness (QED) is 0.511. The fraction of sp³-hybridized carbons (Fsp3) is 0.364. The van der Waals surface area contributed by atoms with Crippen molar-refractivity contribution in [2.75, 3.05) is 25.2 Å². The van der Waals surface area contributed by atoms with Crippen LogP contribution in [0, 0.1) is 13.8 Å². The van der Waals surface area contributed by atoms with Crippen LogP contribution in [-0.2, 0) is 32.0 Å². The number of ether oxygens (including phenoxy) is 2. The van der Waals surface area contributed by atoms with Crippen LogP contribution in [0.3, 0.4) is 0 Å². The van der Waals surface area contributed by atoms with E-state index in [1.165, 1.54) is 0 Å². The minimum Gasteiger partial charge on any atom is -0.462 e. The molecule has 0 saturated carbocycles. The lowest BCUT2D eigenvalue weighted by atomic mass is 10.1. The molecule has 1 aliphatic rings. The van der Waals surface area contributed by atoms with Crippen LogP contribution in [0.2, 0.25) is 0 Å². The topological polar surface area (TPSA) is 94.9 Å². The lowest BCUT2D eigenvalue weighted by Crippen LogP contribution is -2.20. The van der Waals surface area contributed by atoms with E-state index >= 15 is 0 Å². The Morgan fingerprint density at radius 2 is 1.83 bits per heavy atom. The Labute approximate surface area is 174 Å². The van der Waals surface area contributed by atoms with Crippen LogP contribution in [0.5, 0.6) is 0 Å². The summed E-state index contributed by atoms with van der Waals surface area (Å²) >= 11 is 0. The van der Waals surface area contributed by atoms with Crippen LogP contribution in [0.15, 0.2) is 24.3 Å². The van der Waals surface area contributed by atoms with Gasteiger partial charge in [-0.3, -0.25) is 14.4 Å². The number of amides is 1. The van der Waals surface area contributed by atoms with Gasteiger partial charge in [0.05, 0.1) is 18.6 Å². The van der Waals surface area contributed by atoms with Crippen LogP contribution in [-0.4, -0.2) is 48.5 Å². The third-order valence-electron chi connectivity index (χ3n) is 5.20. The third kappa shape index (κ3) is 4.12. The molecule has 0 radical (unpaired) electrons. The molecule has 0 saturated heterocycles. The summed E-state index contributed by atoms with van der Waals surface area (Å²) < 4.78 is 11.8. The van der Waals surface area contributed by atoms with Crippen molar-refractivity contribution in [2.45, 2.75) is 33.7 Å². The van der Waals surface area contributed by atoms with Crippen molar-refractivity contribution >= 4 is 29.3 Å². The highest BCUT2D eigenvalue weighted by Gasteiger charge is 2.25.